The molecule has 2 nitrogen and oxygen atoms in total. The maximum atomic E-state index is 9.84. The fraction of sp³-hybridized carbons (Fsp3) is 0.455. The summed E-state index contributed by atoms with van der Waals surface area (Å²) in [7, 11) is 0. The van der Waals surface area contributed by atoms with Crippen LogP contribution in [0.5, 0.6) is 0 Å². The number of rotatable bonds is 0. The molecule has 2 N–H and O–H groups in total. The average Bonchev–Trinajstić information content (AvgIpc) is 2.15. The van der Waals surface area contributed by atoms with E-state index in [2.05, 4.69) is 0 Å². The summed E-state index contributed by atoms with van der Waals surface area (Å²) >= 11 is 0. The van der Waals surface area contributed by atoms with Gasteiger partial charge < -0.3 is 10.2 Å². The molecule has 0 spiro atoms. The lowest BCUT2D eigenvalue weighted by Crippen LogP contribution is -2.21. The summed E-state index contributed by atoms with van der Waals surface area (Å²) in [6, 6.07) is 7.56. The molecule has 0 amide bonds. The van der Waals surface area contributed by atoms with Crippen LogP contribution in [0.3, 0.4) is 0 Å². The van der Waals surface area contributed by atoms with Crippen molar-refractivity contribution in [3.8, 4) is 0 Å². The van der Waals surface area contributed by atoms with Gasteiger partial charge in [0.25, 0.3) is 0 Å². The molecule has 2 rings (SSSR count). The van der Waals surface area contributed by atoms with Crippen molar-refractivity contribution in [2.45, 2.75) is 25.6 Å². The second kappa shape index (κ2) is 3.13. The number of benzene rings is 1. The van der Waals surface area contributed by atoms with Gasteiger partial charge in [0.1, 0.15) is 0 Å². The Morgan fingerprint density at radius 2 is 1.77 bits per heavy atom. The summed E-state index contributed by atoms with van der Waals surface area (Å²) in [6.45, 7) is 1.96. The van der Waals surface area contributed by atoms with Crippen molar-refractivity contribution in [1.29, 1.82) is 0 Å². The molecule has 0 heterocycles. The molecular formula is C11H14O2. The first kappa shape index (κ1) is 8.73. The van der Waals surface area contributed by atoms with Crippen LogP contribution in [0.1, 0.15) is 36.7 Å². The molecule has 2 heteroatoms. The summed E-state index contributed by atoms with van der Waals surface area (Å²) in [6.07, 6.45) is -0.174. The van der Waals surface area contributed by atoms with Crippen LogP contribution in [0.25, 0.3) is 0 Å². The Balaban J connectivity index is 2.47. The summed E-state index contributed by atoms with van der Waals surface area (Å²) in [5, 5.41) is 19.6. The van der Waals surface area contributed by atoms with Crippen LogP contribution >= 0.6 is 0 Å². The lowest BCUT2D eigenvalue weighted by atomic mass is 9.81. The predicted molar refractivity (Wildman–Crippen MR) is 50.1 cm³/mol. The molecule has 0 aliphatic heterocycles. The van der Waals surface area contributed by atoms with Crippen molar-refractivity contribution in [3.63, 3.8) is 0 Å². The first-order chi connectivity index (χ1) is 6.20. The van der Waals surface area contributed by atoms with Gasteiger partial charge in [-0.15, -0.1) is 0 Å². The van der Waals surface area contributed by atoms with Crippen LogP contribution in [-0.4, -0.2) is 10.2 Å². The smallest absolute Gasteiger partial charge is 0.0820 e. The van der Waals surface area contributed by atoms with Crippen molar-refractivity contribution in [3.05, 3.63) is 35.4 Å². The van der Waals surface area contributed by atoms with Crippen LogP contribution in [0, 0.1) is 5.92 Å². The van der Waals surface area contributed by atoms with Gasteiger partial charge in [-0.1, -0.05) is 31.2 Å². The van der Waals surface area contributed by atoms with Gasteiger partial charge in [-0.25, -0.2) is 0 Å². The highest BCUT2D eigenvalue weighted by molar-refractivity contribution is 5.33. The maximum Gasteiger partial charge on any atom is 0.0820 e. The molecule has 1 aromatic rings. The molecule has 1 aliphatic rings. The first-order valence-electron chi connectivity index (χ1n) is 4.65. The second-order valence-corrected chi connectivity index (χ2v) is 3.80. The number of hydrogen-bond acceptors (Lipinski definition) is 2. The van der Waals surface area contributed by atoms with E-state index in [1.807, 2.05) is 31.2 Å². The fourth-order valence-corrected chi connectivity index (χ4v) is 2.00. The summed E-state index contributed by atoms with van der Waals surface area (Å²) in [5.74, 6) is 0.143. The lowest BCUT2D eigenvalue weighted by Gasteiger charge is -2.30. The maximum absolute atomic E-state index is 9.84. The van der Waals surface area contributed by atoms with Gasteiger partial charge >= 0.3 is 0 Å². The standard InChI is InChI=1S/C11H14O2/c1-7-6-10(12)8-4-2-3-5-9(8)11(7)13/h2-5,7,10-13H,6H2,1H3. The predicted octanol–water partition coefficient (Wildman–Crippen LogP) is 1.79. The Hall–Kier alpha value is -0.860. The van der Waals surface area contributed by atoms with Gasteiger partial charge in [0, 0.05) is 0 Å². The van der Waals surface area contributed by atoms with E-state index in [0.29, 0.717) is 6.42 Å². The van der Waals surface area contributed by atoms with Gasteiger partial charge in [0.05, 0.1) is 12.2 Å². The number of hydrogen-bond donors (Lipinski definition) is 2. The van der Waals surface area contributed by atoms with E-state index in [-0.39, 0.29) is 5.92 Å². The van der Waals surface area contributed by atoms with Gasteiger partial charge in [-0.2, -0.15) is 0 Å². The molecule has 0 saturated heterocycles. The second-order valence-electron chi connectivity index (χ2n) is 3.80. The van der Waals surface area contributed by atoms with Gasteiger partial charge in [0.15, 0.2) is 0 Å². The van der Waals surface area contributed by atoms with Gasteiger partial charge in [-0.05, 0) is 23.5 Å². The Bertz CT molecular complexity index is 309. The highest BCUT2D eigenvalue weighted by atomic mass is 16.3. The van der Waals surface area contributed by atoms with Crippen LogP contribution < -0.4 is 0 Å². The minimum atomic E-state index is -0.417. The van der Waals surface area contributed by atoms with Gasteiger partial charge in [0.2, 0.25) is 0 Å². The Morgan fingerprint density at radius 1 is 1.15 bits per heavy atom. The molecule has 13 heavy (non-hydrogen) atoms. The third-order valence-corrected chi connectivity index (χ3v) is 2.81. The fourth-order valence-electron chi connectivity index (χ4n) is 2.00. The zero-order valence-electron chi connectivity index (χ0n) is 7.64. The van der Waals surface area contributed by atoms with Crippen molar-refractivity contribution in [2.75, 3.05) is 0 Å². The molecule has 0 saturated carbocycles. The van der Waals surface area contributed by atoms with Crippen molar-refractivity contribution >= 4 is 0 Å². The van der Waals surface area contributed by atoms with Gasteiger partial charge in [-0.3, -0.25) is 0 Å². The van der Waals surface area contributed by atoms with Crippen molar-refractivity contribution in [1.82, 2.24) is 0 Å². The van der Waals surface area contributed by atoms with E-state index in [4.69, 9.17) is 0 Å². The molecule has 3 unspecified atom stereocenters. The summed E-state index contributed by atoms with van der Waals surface area (Å²) in [4.78, 5) is 0. The highest BCUT2D eigenvalue weighted by Crippen LogP contribution is 2.39. The minimum Gasteiger partial charge on any atom is -0.388 e. The Kier molecular flexibility index (Phi) is 2.10. The van der Waals surface area contributed by atoms with E-state index in [0.717, 1.165) is 11.1 Å². The molecule has 0 bridgehead atoms. The SMILES string of the molecule is CC1CC(O)c2ccccc2C1O. The monoisotopic (exact) mass is 178 g/mol. The largest absolute Gasteiger partial charge is 0.388 e. The third kappa shape index (κ3) is 1.36. The molecule has 0 fully saturated rings. The molecule has 0 aromatic heterocycles. The highest BCUT2D eigenvalue weighted by Gasteiger charge is 2.29. The van der Waals surface area contributed by atoms with Crippen molar-refractivity contribution in [2.24, 2.45) is 5.92 Å². The minimum absolute atomic E-state index is 0.143. The summed E-state index contributed by atoms with van der Waals surface area (Å²) < 4.78 is 0. The molecule has 1 aliphatic carbocycles. The Labute approximate surface area is 77.8 Å². The van der Waals surface area contributed by atoms with E-state index < -0.39 is 12.2 Å². The normalized spacial score (nSPS) is 32.7. The third-order valence-electron chi connectivity index (χ3n) is 2.81. The number of fused-ring (bicyclic) bond motifs is 1. The van der Waals surface area contributed by atoms with Crippen LogP contribution in [0.4, 0.5) is 0 Å². The van der Waals surface area contributed by atoms with Crippen LogP contribution in [0.15, 0.2) is 24.3 Å². The van der Waals surface area contributed by atoms with E-state index in [1.54, 1.807) is 0 Å². The lowest BCUT2D eigenvalue weighted by molar-refractivity contribution is 0.0468. The molecule has 1 aromatic carbocycles. The number of aliphatic hydroxyl groups excluding tert-OH is 2. The molecular weight excluding hydrogens is 164 g/mol. The number of aliphatic hydroxyl groups is 2. The molecule has 3 atom stereocenters. The quantitative estimate of drug-likeness (QED) is 0.636. The van der Waals surface area contributed by atoms with E-state index >= 15 is 0 Å². The van der Waals surface area contributed by atoms with E-state index in [9.17, 15) is 10.2 Å². The van der Waals surface area contributed by atoms with Crippen molar-refractivity contribution < 1.29 is 10.2 Å². The Morgan fingerprint density at radius 3 is 2.46 bits per heavy atom. The topological polar surface area (TPSA) is 40.5 Å². The van der Waals surface area contributed by atoms with Crippen LogP contribution in [0.2, 0.25) is 0 Å². The molecule has 0 radical (unpaired) electrons. The average molecular weight is 178 g/mol. The molecule has 70 valence electrons. The summed E-state index contributed by atoms with van der Waals surface area (Å²) in [5.41, 5.74) is 1.77. The van der Waals surface area contributed by atoms with Crippen LogP contribution in [-0.2, 0) is 0 Å². The first-order valence-corrected chi connectivity index (χ1v) is 4.65. The zero-order valence-corrected chi connectivity index (χ0v) is 7.64. The zero-order chi connectivity index (χ0) is 9.42. The van der Waals surface area contributed by atoms with E-state index in [1.165, 1.54) is 0 Å².